The molecule has 37 heavy (non-hydrogen) atoms. The number of cyclic esters (lactones) is 1. The van der Waals surface area contributed by atoms with Crippen LogP contribution < -0.4 is 0 Å². The van der Waals surface area contributed by atoms with Gasteiger partial charge in [0, 0.05) is 32.0 Å². The number of aromatic nitrogens is 2. The average Bonchev–Trinajstić information content (AvgIpc) is 3.24. The summed E-state index contributed by atoms with van der Waals surface area (Å²) < 4.78 is 10.8. The number of amides is 1. The zero-order chi connectivity index (χ0) is 26.4. The predicted octanol–water partition coefficient (Wildman–Crippen LogP) is 2.25. The summed E-state index contributed by atoms with van der Waals surface area (Å²) in [6.07, 6.45) is 4.86. The van der Waals surface area contributed by atoms with E-state index >= 15 is 0 Å². The molecule has 10 heteroatoms. The van der Waals surface area contributed by atoms with E-state index in [0.717, 1.165) is 26.1 Å². The molecular formula is C27H38N4O6. The molecule has 10 nitrogen and oxygen atoms in total. The average molecular weight is 515 g/mol. The number of esters is 1. The van der Waals surface area contributed by atoms with Gasteiger partial charge in [-0.25, -0.2) is 0 Å². The van der Waals surface area contributed by atoms with Crippen molar-refractivity contribution in [1.82, 2.24) is 19.9 Å². The third-order valence-electron chi connectivity index (χ3n) is 7.79. The molecule has 0 unspecified atom stereocenters. The first kappa shape index (κ1) is 27.2. The number of aliphatic hydroxyl groups excluding tert-OH is 2. The zero-order valence-electron chi connectivity index (χ0n) is 21.8. The fraction of sp³-hybridized carbons (Fsp3) is 0.630. The van der Waals surface area contributed by atoms with Crippen LogP contribution in [0, 0.1) is 19.3 Å². The van der Waals surface area contributed by atoms with Crippen molar-refractivity contribution in [2.75, 3.05) is 32.8 Å². The summed E-state index contributed by atoms with van der Waals surface area (Å²) in [5.74, 6) is -0.0352. The van der Waals surface area contributed by atoms with Gasteiger partial charge < -0.3 is 24.4 Å². The highest BCUT2D eigenvalue weighted by molar-refractivity contribution is 5.96. The molecule has 0 bridgehead atoms. The molecule has 0 radical (unpaired) electrons. The maximum atomic E-state index is 13.3. The number of hydrogen-bond acceptors (Lipinski definition) is 9. The fourth-order valence-electron chi connectivity index (χ4n) is 5.37. The van der Waals surface area contributed by atoms with Gasteiger partial charge in [0.05, 0.1) is 17.2 Å². The summed E-state index contributed by atoms with van der Waals surface area (Å²) in [5.41, 5.74) is 1.52. The largest absolute Gasteiger partial charge is 0.462 e. The van der Waals surface area contributed by atoms with E-state index in [-0.39, 0.29) is 31.4 Å². The molecule has 2 aliphatic heterocycles. The van der Waals surface area contributed by atoms with Gasteiger partial charge in [-0.3, -0.25) is 19.5 Å². The van der Waals surface area contributed by atoms with Crippen LogP contribution in [0.15, 0.2) is 29.0 Å². The quantitative estimate of drug-likeness (QED) is 0.593. The highest BCUT2D eigenvalue weighted by Crippen LogP contribution is 2.38. The van der Waals surface area contributed by atoms with Crippen LogP contribution in [0.25, 0.3) is 0 Å². The molecule has 0 saturated carbocycles. The molecule has 2 fully saturated rings. The molecule has 2 aromatic rings. The minimum atomic E-state index is -1.22. The number of aliphatic hydroxyl groups is 2. The number of pyridine rings is 1. The second-order valence-corrected chi connectivity index (χ2v) is 10.4. The van der Waals surface area contributed by atoms with Crippen molar-refractivity contribution < 1.29 is 29.1 Å². The van der Waals surface area contributed by atoms with Crippen LogP contribution in [0.4, 0.5) is 0 Å². The maximum Gasteiger partial charge on any atom is 0.312 e. The van der Waals surface area contributed by atoms with E-state index in [9.17, 15) is 19.8 Å². The SMILES string of the molecule is Cc1noc(C)c1C(=O)N1CCCCC2(CCN(Cc3ccncc3)CC2)C(=O)OC[C@@H](O)[C@@H](O)CC1. The van der Waals surface area contributed by atoms with Gasteiger partial charge in [0.1, 0.15) is 24.0 Å². The molecular weight excluding hydrogens is 476 g/mol. The highest BCUT2D eigenvalue weighted by atomic mass is 16.5. The van der Waals surface area contributed by atoms with Crippen LogP contribution in [-0.2, 0) is 16.1 Å². The van der Waals surface area contributed by atoms with Crippen molar-refractivity contribution in [3.05, 3.63) is 47.1 Å². The minimum absolute atomic E-state index is 0.170. The third kappa shape index (κ3) is 6.55. The van der Waals surface area contributed by atoms with E-state index in [2.05, 4.69) is 15.0 Å². The van der Waals surface area contributed by atoms with E-state index in [0.29, 0.717) is 49.2 Å². The Labute approximate surface area is 217 Å². The van der Waals surface area contributed by atoms with Gasteiger partial charge in [-0.05, 0) is 76.7 Å². The first-order valence-electron chi connectivity index (χ1n) is 13.2. The van der Waals surface area contributed by atoms with Crippen LogP contribution in [-0.4, -0.2) is 87.0 Å². The predicted molar refractivity (Wildman–Crippen MR) is 135 cm³/mol. The molecule has 0 aromatic carbocycles. The minimum Gasteiger partial charge on any atom is -0.462 e. The van der Waals surface area contributed by atoms with E-state index < -0.39 is 17.6 Å². The van der Waals surface area contributed by atoms with Crippen LogP contribution in [0.3, 0.4) is 0 Å². The Morgan fingerprint density at radius 2 is 1.78 bits per heavy atom. The molecule has 0 aliphatic carbocycles. The number of nitrogens with zero attached hydrogens (tertiary/aromatic N) is 4. The van der Waals surface area contributed by atoms with Crippen molar-refractivity contribution in [3.63, 3.8) is 0 Å². The zero-order valence-corrected chi connectivity index (χ0v) is 21.8. The Morgan fingerprint density at radius 1 is 1.05 bits per heavy atom. The summed E-state index contributed by atoms with van der Waals surface area (Å²) in [6.45, 7) is 6.25. The summed E-state index contributed by atoms with van der Waals surface area (Å²) in [7, 11) is 0. The van der Waals surface area contributed by atoms with E-state index in [4.69, 9.17) is 9.26 Å². The molecule has 1 spiro atoms. The van der Waals surface area contributed by atoms with Gasteiger partial charge in [0.25, 0.3) is 5.91 Å². The molecule has 4 heterocycles. The molecule has 1 amide bonds. The van der Waals surface area contributed by atoms with Crippen molar-refractivity contribution in [2.24, 2.45) is 5.41 Å². The standard InChI is InChI=1S/C27H38N4O6/c1-19-24(20(2)37-29-19)25(34)31-13-4-3-8-27(26(35)36-18-23(33)22(32)7-14-31)9-15-30(16-10-27)17-21-5-11-28-12-6-21/h5-6,11-12,22-23,32-33H,3-4,7-10,13-18H2,1-2H3/t22-,23+/m0/s1. The molecule has 4 rings (SSSR count). The van der Waals surface area contributed by atoms with Crippen molar-refractivity contribution >= 4 is 11.9 Å². The Hall–Kier alpha value is -2.82. The van der Waals surface area contributed by atoms with Gasteiger partial charge in [0.2, 0.25) is 0 Å². The fourth-order valence-corrected chi connectivity index (χ4v) is 5.37. The number of likely N-dealkylation sites (tertiary alicyclic amines) is 1. The van der Waals surface area contributed by atoms with Gasteiger partial charge in [-0.1, -0.05) is 11.6 Å². The summed E-state index contributed by atoms with van der Waals surface area (Å²) in [6, 6.07) is 4.00. The lowest BCUT2D eigenvalue weighted by atomic mass is 9.74. The van der Waals surface area contributed by atoms with Crippen molar-refractivity contribution in [2.45, 2.75) is 71.1 Å². The van der Waals surface area contributed by atoms with Crippen LogP contribution in [0.5, 0.6) is 0 Å². The van der Waals surface area contributed by atoms with Gasteiger partial charge in [-0.15, -0.1) is 0 Å². The lowest BCUT2D eigenvalue weighted by molar-refractivity contribution is -0.165. The Balaban J connectivity index is 1.44. The van der Waals surface area contributed by atoms with Crippen molar-refractivity contribution in [3.8, 4) is 0 Å². The Morgan fingerprint density at radius 3 is 2.46 bits per heavy atom. The van der Waals surface area contributed by atoms with Crippen LogP contribution >= 0.6 is 0 Å². The van der Waals surface area contributed by atoms with Crippen LogP contribution in [0.2, 0.25) is 0 Å². The Kier molecular flexibility index (Phi) is 8.94. The number of carbonyl (C=O) groups is 2. The van der Waals surface area contributed by atoms with Gasteiger partial charge in [0.15, 0.2) is 0 Å². The molecule has 2 N–H and O–H groups in total. The second kappa shape index (κ2) is 12.1. The highest BCUT2D eigenvalue weighted by Gasteiger charge is 2.42. The molecule has 2 aliphatic rings. The second-order valence-electron chi connectivity index (χ2n) is 10.4. The summed E-state index contributed by atoms with van der Waals surface area (Å²) >= 11 is 0. The van der Waals surface area contributed by atoms with E-state index in [1.54, 1.807) is 31.1 Å². The maximum absolute atomic E-state index is 13.3. The topological polar surface area (TPSA) is 129 Å². The number of rotatable bonds is 3. The monoisotopic (exact) mass is 514 g/mol. The number of ether oxygens (including phenoxy) is 1. The van der Waals surface area contributed by atoms with Gasteiger partial charge in [-0.2, -0.15) is 0 Å². The van der Waals surface area contributed by atoms with Crippen molar-refractivity contribution in [1.29, 1.82) is 0 Å². The number of piperidine rings is 1. The lowest BCUT2D eigenvalue weighted by Gasteiger charge is -2.40. The third-order valence-corrected chi connectivity index (χ3v) is 7.79. The van der Waals surface area contributed by atoms with E-state index in [1.807, 2.05) is 12.1 Å². The summed E-state index contributed by atoms with van der Waals surface area (Å²) in [5, 5.41) is 24.9. The first-order valence-corrected chi connectivity index (χ1v) is 13.2. The van der Waals surface area contributed by atoms with Gasteiger partial charge >= 0.3 is 5.97 Å². The molecule has 202 valence electrons. The van der Waals surface area contributed by atoms with E-state index in [1.165, 1.54) is 5.56 Å². The smallest absolute Gasteiger partial charge is 0.312 e. The van der Waals surface area contributed by atoms with Crippen LogP contribution in [0.1, 0.15) is 65.9 Å². The summed E-state index contributed by atoms with van der Waals surface area (Å²) in [4.78, 5) is 34.7. The Bertz CT molecular complexity index is 1030. The number of carbonyl (C=O) groups excluding carboxylic acids is 2. The normalized spacial score (nSPS) is 24.1. The molecule has 2 aromatic heterocycles. The number of aryl methyl sites for hydroxylation is 2. The molecule has 2 atom stereocenters. The first-order chi connectivity index (χ1) is 17.8. The lowest BCUT2D eigenvalue weighted by Crippen LogP contribution is -2.45. The number of hydrogen-bond donors (Lipinski definition) is 2. The molecule has 2 saturated heterocycles.